The van der Waals surface area contributed by atoms with Gasteiger partial charge in [0.25, 0.3) is 0 Å². The zero-order chi connectivity index (χ0) is 14.3. The van der Waals surface area contributed by atoms with Crippen LogP contribution in [0.4, 0.5) is 0 Å². The molecule has 0 radical (unpaired) electrons. The number of rotatable bonds is 2. The normalized spacial score (nSPS) is 12.8. The largest absolute Gasteiger partial charge is 0.383 e. The van der Waals surface area contributed by atoms with E-state index in [0.717, 1.165) is 33.4 Å². The van der Waals surface area contributed by atoms with Crippen LogP contribution in [-0.2, 0) is 7.05 Å². The quantitative estimate of drug-likeness (QED) is 0.776. The maximum atomic E-state index is 10.6. The Morgan fingerprint density at radius 3 is 2.65 bits per heavy atom. The number of aromatic nitrogens is 3. The van der Waals surface area contributed by atoms with Crippen molar-refractivity contribution in [1.29, 1.82) is 0 Å². The number of hydrogen-bond donors (Lipinski definition) is 1. The summed E-state index contributed by atoms with van der Waals surface area (Å²) in [7, 11) is 1.89. The Balaban J connectivity index is 2.10. The fourth-order valence-electron chi connectivity index (χ4n) is 2.59. The van der Waals surface area contributed by atoms with Gasteiger partial charge in [-0.25, -0.2) is 0 Å². The van der Waals surface area contributed by atoms with Crippen LogP contribution in [0.25, 0.3) is 10.9 Å². The molecule has 3 aromatic rings. The molecule has 0 amide bonds. The lowest BCUT2D eigenvalue weighted by molar-refractivity contribution is 0.218. The monoisotopic (exact) mass is 267 g/mol. The van der Waals surface area contributed by atoms with Gasteiger partial charge in [0.1, 0.15) is 6.10 Å². The van der Waals surface area contributed by atoms with E-state index in [-0.39, 0.29) is 0 Å². The van der Waals surface area contributed by atoms with Crippen LogP contribution in [0.1, 0.15) is 28.6 Å². The van der Waals surface area contributed by atoms with Crippen molar-refractivity contribution in [3.05, 3.63) is 59.0 Å². The van der Waals surface area contributed by atoms with Gasteiger partial charge in [-0.3, -0.25) is 9.67 Å². The lowest BCUT2D eigenvalue weighted by atomic mass is 10.00. The Hall–Kier alpha value is -2.20. The molecule has 1 unspecified atom stereocenters. The van der Waals surface area contributed by atoms with Crippen LogP contribution in [0, 0.1) is 13.8 Å². The molecule has 0 spiro atoms. The van der Waals surface area contributed by atoms with E-state index in [1.165, 1.54) is 0 Å². The van der Waals surface area contributed by atoms with E-state index in [2.05, 4.69) is 10.1 Å². The van der Waals surface area contributed by atoms with Crippen LogP contribution in [0.5, 0.6) is 0 Å². The number of fused-ring (bicyclic) bond motifs is 1. The van der Waals surface area contributed by atoms with Gasteiger partial charge >= 0.3 is 0 Å². The van der Waals surface area contributed by atoms with E-state index in [1.807, 2.05) is 51.2 Å². The van der Waals surface area contributed by atoms with Gasteiger partial charge in [-0.2, -0.15) is 5.10 Å². The summed E-state index contributed by atoms with van der Waals surface area (Å²) in [5.41, 5.74) is 4.42. The topological polar surface area (TPSA) is 50.9 Å². The lowest BCUT2D eigenvalue weighted by Gasteiger charge is -2.12. The van der Waals surface area contributed by atoms with Crippen LogP contribution in [0.2, 0.25) is 0 Å². The second kappa shape index (κ2) is 4.72. The first-order valence-electron chi connectivity index (χ1n) is 6.61. The molecule has 2 aromatic heterocycles. The fourth-order valence-corrected chi connectivity index (χ4v) is 2.59. The Labute approximate surface area is 117 Å². The highest BCUT2D eigenvalue weighted by Gasteiger charge is 2.20. The van der Waals surface area contributed by atoms with Gasteiger partial charge in [0.2, 0.25) is 0 Å². The summed E-state index contributed by atoms with van der Waals surface area (Å²) < 4.78 is 1.79. The average Bonchev–Trinajstić information content (AvgIpc) is 2.71. The van der Waals surface area contributed by atoms with E-state index in [4.69, 9.17) is 0 Å². The molecule has 0 aliphatic carbocycles. The third-order valence-corrected chi connectivity index (χ3v) is 3.77. The van der Waals surface area contributed by atoms with Gasteiger partial charge < -0.3 is 5.11 Å². The minimum absolute atomic E-state index is 0.694. The van der Waals surface area contributed by atoms with Crippen molar-refractivity contribution in [1.82, 2.24) is 14.8 Å². The molecular formula is C16H17N3O. The summed E-state index contributed by atoms with van der Waals surface area (Å²) in [5.74, 6) is 0. The van der Waals surface area contributed by atoms with Gasteiger partial charge in [0, 0.05) is 35.5 Å². The standard InChI is InChI=1S/C16H17N3O/c1-10-15(11(2)19(3)18-10)16(20)13-8-12-6-4-5-7-14(12)17-9-13/h4-9,16,20H,1-3H3. The predicted octanol–water partition coefficient (Wildman–Crippen LogP) is 2.67. The van der Waals surface area contributed by atoms with Gasteiger partial charge in [0.15, 0.2) is 0 Å². The van der Waals surface area contributed by atoms with Gasteiger partial charge in [-0.1, -0.05) is 18.2 Å². The average molecular weight is 267 g/mol. The Kier molecular flexibility index (Phi) is 3.03. The zero-order valence-electron chi connectivity index (χ0n) is 11.8. The van der Waals surface area contributed by atoms with E-state index >= 15 is 0 Å². The number of aryl methyl sites for hydroxylation is 2. The van der Waals surface area contributed by atoms with E-state index in [9.17, 15) is 5.11 Å². The molecular weight excluding hydrogens is 250 g/mol. The minimum atomic E-state index is -0.694. The van der Waals surface area contributed by atoms with Crippen molar-refractivity contribution in [3.8, 4) is 0 Å². The molecule has 1 atom stereocenters. The first kappa shape index (κ1) is 12.8. The Morgan fingerprint density at radius 1 is 1.20 bits per heavy atom. The first-order valence-corrected chi connectivity index (χ1v) is 6.61. The number of hydrogen-bond acceptors (Lipinski definition) is 3. The molecule has 20 heavy (non-hydrogen) atoms. The lowest BCUT2D eigenvalue weighted by Crippen LogP contribution is -2.03. The smallest absolute Gasteiger partial charge is 0.109 e. The molecule has 4 heteroatoms. The second-order valence-electron chi connectivity index (χ2n) is 5.07. The Bertz CT molecular complexity index is 776. The molecule has 0 fully saturated rings. The second-order valence-corrected chi connectivity index (χ2v) is 5.07. The summed E-state index contributed by atoms with van der Waals surface area (Å²) in [6.07, 6.45) is 1.04. The SMILES string of the molecule is Cc1nn(C)c(C)c1C(O)c1cnc2ccccc2c1. The summed E-state index contributed by atoms with van der Waals surface area (Å²) in [6, 6.07) is 9.88. The van der Waals surface area contributed by atoms with Crippen LogP contribution in [-0.4, -0.2) is 19.9 Å². The van der Waals surface area contributed by atoms with Crippen molar-refractivity contribution in [2.24, 2.45) is 7.05 Å². The maximum Gasteiger partial charge on any atom is 0.109 e. The molecule has 1 aromatic carbocycles. The Morgan fingerprint density at radius 2 is 1.95 bits per heavy atom. The molecule has 0 aliphatic heterocycles. The molecule has 1 N–H and O–H groups in total. The van der Waals surface area contributed by atoms with E-state index in [1.54, 1.807) is 10.9 Å². The summed E-state index contributed by atoms with van der Waals surface area (Å²) in [6.45, 7) is 3.88. The summed E-state index contributed by atoms with van der Waals surface area (Å²) in [5, 5.41) is 16.0. The molecule has 4 nitrogen and oxygen atoms in total. The third kappa shape index (κ3) is 1.98. The molecule has 0 aliphatic rings. The van der Waals surface area contributed by atoms with Gasteiger partial charge in [-0.15, -0.1) is 0 Å². The van der Waals surface area contributed by atoms with Crippen molar-refractivity contribution in [3.63, 3.8) is 0 Å². The van der Waals surface area contributed by atoms with Crippen molar-refractivity contribution in [2.45, 2.75) is 20.0 Å². The molecule has 0 saturated carbocycles. The van der Waals surface area contributed by atoms with Gasteiger partial charge in [0.05, 0.1) is 11.2 Å². The number of aliphatic hydroxyl groups is 1. The molecule has 2 heterocycles. The van der Waals surface area contributed by atoms with Gasteiger partial charge in [-0.05, 0) is 26.0 Å². The molecule has 102 valence electrons. The number of pyridine rings is 1. The minimum Gasteiger partial charge on any atom is -0.383 e. The van der Waals surface area contributed by atoms with Crippen molar-refractivity contribution >= 4 is 10.9 Å². The van der Waals surface area contributed by atoms with Crippen molar-refractivity contribution in [2.75, 3.05) is 0 Å². The van der Waals surface area contributed by atoms with E-state index in [0.29, 0.717) is 0 Å². The highest BCUT2D eigenvalue weighted by Crippen LogP contribution is 2.28. The number of nitrogens with zero attached hydrogens (tertiary/aromatic N) is 3. The van der Waals surface area contributed by atoms with Crippen molar-refractivity contribution < 1.29 is 5.11 Å². The van der Waals surface area contributed by atoms with Crippen LogP contribution in [0.15, 0.2) is 36.5 Å². The zero-order valence-corrected chi connectivity index (χ0v) is 11.8. The van der Waals surface area contributed by atoms with Crippen LogP contribution < -0.4 is 0 Å². The summed E-state index contributed by atoms with van der Waals surface area (Å²) in [4.78, 5) is 4.41. The molecule has 3 rings (SSSR count). The van der Waals surface area contributed by atoms with Crippen LogP contribution in [0.3, 0.4) is 0 Å². The van der Waals surface area contributed by atoms with Crippen LogP contribution >= 0.6 is 0 Å². The summed E-state index contributed by atoms with van der Waals surface area (Å²) >= 11 is 0. The molecule has 0 saturated heterocycles. The maximum absolute atomic E-state index is 10.6. The highest BCUT2D eigenvalue weighted by atomic mass is 16.3. The number of aliphatic hydroxyl groups excluding tert-OH is 1. The van der Waals surface area contributed by atoms with E-state index < -0.39 is 6.10 Å². The predicted molar refractivity (Wildman–Crippen MR) is 78.5 cm³/mol. The highest BCUT2D eigenvalue weighted by molar-refractivity contribution is 5.78. The first-order chi connectivity index (χ1) is 9.58. The third-order valence-electron chi connectivity index (χ3n) is 3.77. The fraction of sp³-hybridized carbons (Fsp3) is 0.250. The molecule has 0 bridgehead atoms. The number of para-hydroxylation sites is 1. The number of benzene rings is 1.